The summed E-state index contributed by atoms with van der Waals surface area (Å²) in [5.74, 6) is 1.89. The van der Waals surface area contributed by atoms with Crippen molar-refractivity contribution in [3.63, 3.8) is 0 Å². The number of aromatic nitrogens is 2. The summed E-state index contributed by atoms with van der Waals surface area (Å²) in [5.41, 5.74) is 1.71. The molecule has 136 valence electrons. The predicted octanol–water partition coefficient (Wildman–Crippen LogP) is 4.82. The van der Waals surface area contributed by atoms with E-state index in [4.69, 9.17) is 9.15 Å². The fourth-order valence-corrected chi connectivity index (χ4v) is 2.74. The van der Waals surface area contributed by atoms with Gasteiger partial charge in [0.15, 0.2) is 0 Å². The molecule has 1 heterocycles. The molecule has 2 aromatic carbocycles. The van der Waals surface area contributed by atoms with Crippen molar-refractivity contribution in [2.24, 2.45) is 0 Å². The maximum Gasteiger partial charge on any atom is 0.387 e. The van der Waals surface area contributed by atoms with E-state index in [0.29, 0.717) is 29.0 Å². The van der Waals surface area contributed by atoms with Gasteiger partial charge >= 0.3 is 6.61 Å². The first-order chi connectivity index (χ1) is 12.6. The first-order valence-corrected chi connectivity index (χ1v) is 8.80. The molecule has 0 aliphatic carbocycles. The van der Waals surface area contributed by atoms with Crippen LogP contribution < -0.4 is 9.47 Å². The smallest absolute Gasteiger partial charge is 0.387 e. The van der Waals surface area contributed by atoms with Crippen LogP contribution in [0, 0.1) is 6.92 Å². The number of benzene rings is 2. The third kappa shape index (κ3) is 4.95. The van der Waals surface area contributed by atoms with Crippen LogP contribution in [0.25, 0.3) is 11.5 Å². The fourth-order valence-electron chi connectivity index (χ4n) is 2.16. The molecule has 3 rings (SSSR count). The summed E-state index contributed by atoms with van der Waals surface area (Å²) in [4.78, 5) is 0. The van der Waals surface area contributed by atoms with Gasteiger partial charge in [-0.1, -0.05) is 30.0 Å². The zero-order chi connectivity index (χ0) is 18.4. The van der Waals surface area contributed by atoms with Gasteiger partial charge in [0, 0.05) is 11.3 Å². The number of ether oxygens (including phenoxy) is 2. The molecule has 0 amide bonds. The van der Waals surface area contributed by atoms with Crippen LogP contribution in [0.4, 0.5) is 8.78 Å². The molecular formula is C18H16F2N2O3S. The van der Waals surface area contributed by atoms with Gasteiger partial charge in [-0.2, -0.15) is 8.78 Å². The van der Waals surface area contributed by atoms with Crippen molar-refractivity contribution >= 4 is 11.8 Å². The van der Waals surface area contributed by atoms with Crippen LogP contribution in [0.15, 0.2) is 58.2 Å². The monoisotopic (exact) mass is 378 g/mol. The Kier molecular flexibility index (Phi) is 6.06. The largest absolute Gasteiger partial charge is 0.492 e. The van der Waals surface area contributed by atoms with E-state index in [-0.39, 0.29) is 5.75 Å². The van der Waals surface area contributed by atoms with E-state index in [1.54, 1.807) is 12.1 Å². The topological polar surface area (TPSA) is 57.4 Å². The van der Waals surface area contributed by atoms with E-state index in [9.17, 15) is 8.78 Å². The highest BCUT2D eigenvalue weighted by Gasteiger charge is 2.10. The zero-order valence-electron chi connectivity index (χ0n) is 13.9. The van der Waals surface area contributed by atoms with E-state index in [0.717, 1.165) is 11.3 Å². The third-order valence-corrected chi connectivity index (χ3v) is 4.18. The van der Waals surface area contributed by atoms with Crippen molar-refractivity contribution in [3.05, 3.63) is 54.1 Å². The molecule has 3 aromatic rings. The summed E-state index contributed by atoms with van der Waals surface area (Å²) in [6.07, 6.45) is 0. The Hall–Kier alpha value is -2.61. The lowest BCUT2D eigenvalue weighted by molar-refractivity contribution is -0.0498. The van der Waals surface area contributed by atoms with Crippen LogP contribution in [0.1, 0.15) is 5.56 Å². The second kappa shape index (κ2) is 8.66. The minimum atomic E-state index is -2.85. The molecule has 0 fully saturated rings. The number of hydrogen-bond acceptors (Lipinski definition) is 6. The van der Waals surface area contributed by atoms with Crippen LogP contribution in [-0.2, 0) is 0 Å². The lowest BCUT2D eigenvalue weighted by atomic mass is 10.2. The molecule has 0 N–H and O–H groups in total. The first-order valence-electron chi connectivity index (χ1n) is 7.82. The molecule has 8 heteroatoms. The molecule has 0 unspecified atom stereocenters. The second-order valence-corrected chi connectivity index (χ2v) is 6.28. The van der Waals surface area contributed by atoms with Crippen molar-refractivity contribution < 1.29 is 22.7 Å². The normalized spacial score (nSPS) is 10.9. The maximum absolute atomic E-state index is 12.1. The molecule has 0 spiro atoms. The minimum absolute atomic E-state index is 0.0752. The molecule has 0 bridgehead atoms. The van der Waals surface area contributed by atoms with Crippen molar-refractivity contribution in [1.82, 2.24) is 10.2 Å². The van der Waals surface area contributed by atoms with Crippen LogP contribution in [0.5, 0.6) is 11.5 Å². The molecular weight excluding hydrogens is 362 g/mol. The van der Waals surface area contributed by atoms with Crippen molar-refractivity contribution in [1.29, 1.82) is 0 Å². The van der Waals surface area contributed by atoms with Crippen LogP contribution >= 0.6 is 11.8 Å². The number of nitrogens with zero attached hydrogens (tertiary/aromatic N) is 2. The van der Waals surface area contributed by atoms with Gasteiger partial charge in [-0.25, -0.2) is 0 Å². The highest BCUT2D eigenvalue weighted by atomic mass is 32.2. The number of halogens is 2. The molecule has 0 saturated heterocycles. The van der Waals surface area contributed by atoms with Crippen molar-refractivity contribution in [3.8, 4) is 23.0 Å². The van der Waals surface area contributed by atoms with Gasteiger partial charge in [0.05, 0.1) is 6.61 Å². The number of thioether (sulfide) groups is 1. The molecule has 0 radical (unpaired) electrons. The van der Waals surface area contributed by atoms with Crippen LogP contribution in [0.2, 0.25) is 0 Å². The molecule has 0 saturated carbocycles. The summed E-state index contributed by atoms with van der Waals surface area (Å²) in [5, 5.41) is 8.34. The fraction of sp³-hybridized carbons (Fsp3) is 0.222. The molecule has 0 aliphatic heterocycles. The van der Waals surface area contributed by atoms with Crippen LogP contribution in [0.3, 0.4) is 0 Å². The molecule has 0 aliphatic rings. The average Bonchev–Trinajstić information content (AvgIpc) is 3.09. The Morgan fingerprint density at radius 3 is 2.58 bits per heavy atom. The number of para-hydroxylation sites is 1. The van der Waals surface area contributed by atoms with Gasteiger partial charge in [0.1, 0.15) is 11.5 Å². The summed E-state index contributed by atoms with van der Waals surface area (Å²) in [6, 6.07) is 13.8. The van der Waals surface area contributed by atoms with E-state index in [1.807, 2.05) is 31.2 Å². The van der Waals surface area contributed by atoms with Crippen molar-refractivity contribution in [2.45, 2.75) is 18.8 Å². The van der Waals surface area contributed by atoms with E-state index in [1.165, 1.54) is 23.9 Å². The molecule has 0 atom stereocenters. The Morgan fingerprint density at radius 1 is 1.08 bits per heavy atom. The van der Waals surface area contributed by atoms with Gasteiger partial charge in [-0.05, 0) is 42.8 Å². The SMILES string of the molecule is Cc1ccccc1OCCSc1nnc(-c2ccc(OC(F)F)cc2)o1. The summed E-state index contributed by atoms with van der Waals surface area (Å²) >= 11 is 1.38. The lowest BCUT2D eigenvalue weighted by Gasteiger charge is -2.07. The standard InChI is InChI=1S/C18H16F2N2O3S/c1-12-4-2-3-5-15(12)23-10-11-26-18-22-21-16(25-18)13-6-8-14(9-7-13)24-17(19)20/h2-9,17H,10-11H2,1H3. The summed E-state index contributed by atoms with van der Waals surface area (Å²) in [6.45, 7) is -0.355. The van der Waals surface area contributed by atoms with Crippen LogP contribution in [-0.4, -0.2) is 29.2 Å². The Morgan fingerprint density at radius 2 is 1.85 bits per heavy atom. The highest BCUT2D eigenvalue weighted by molar-refractivity contribution is 7.99. The highest BCUT2D eigenvalue weighted by Crippen LogP contribution is 2.25. The quantitative estimate of drug-likeness (QED) is 0.414. The third-order valence-electron chi connectivity index (χ3n) is 3.39. The summed E-state index contributed by atoms with van der Waals surface area (Å²) < 4.78 is 39.9. The van der Waals surface area contributed by atoms with E-state index < -0.39 is 6.61 Å². The first kappa shape index (κ1) is 18.2. The van der Waals surface area contributed by atoms with Gasteiger partial charge in [-0.15, -0.1) is 10.2 Å². The second-order valence-electron chi connectivity index (χ2n) is 5.24. The van der Waals surface area contributed by atoms with E-state index >= 15 is 0 Å². The zero-order valence-corrected chi connectivity index (χ0v) is 14.7. The average molecular weight is 378 g/mol. The van der Waals surface area contributed by atoms with Gasteiger partial charge in [0.2, 0.25) is 5.89 Å². The predicted molar refractivity (Wildman–Crippen MR) is 93.8 cm³/mol. The molecule has 5 nitrogen and oxygen atoms in total. The molecule has 1 aromatic heterocycles. The van der Waals surface area contributed by atoms with Gasteiger partial charge in [-0.3, -0.25) is 0 Å². The van der Waals surface area contributed by atoms with Gasteiger partial charge < -0.3 is 13.9 Å². The lowest BCUT2D eigenvalue weighted by Crippen LogP contribution is -2.01. The number of hydrogen-bond donors (Lipinski definition) is 0. The Balaban J connectivity index is 1.51. The number of aryl methyl sites for hydroxylation is 1. The van der Waals surface area contributed by atoms with E-state index in [2.05, 4.69) is 14.9 Å². The maximum atomic E-state index is 12.1. The Labute approximate surface area is 153 Å². The Bertz CT molecular complexity index is 840. The van der Waals surface area contributed by atoms with Crippen molar-refractivity contribution in [2.75, 3.05) is 12.4 Å². The number of rotatable bonds is 8. The van der Waals surface area contributed by atoms with Gasteiger partial charge in [0.25, 0.3) is 5.22 Å². The minimum Gasteiger partial charge on any atom is -0.492 e. The number of alkyl halides is 2. The molecule has 26 heavy (non-hydrogen) atoms. The summed E-state index contributed by atoms with van der Waals surface area (Å²) in [7, 11) is 0.